The molecule has 2 heterocycles. The van der Waals surface area contributed by atoms with E-state index in [1.807, 2.05) is 31.2 Å². The van der Waals surface area contributed by atoms with Crippen LogP contribution in [0.3, 0.4) is 0 Å². The van der Waals surface area contributed by atoms with Crippen molar-refractivity contribution in [2.24, 2.45) is 5.10 Å². The first-order valence-corrected chi connectivity index (χ1v) is 8.86. The van der Waals surface area contributed by atoms with Gasteiger partial charge in [0.15, 0.2) is 0 Å². The summed E-state index contributed by atoms with van der Waals surface area (Å²) in [7, 11) is 0. The Balaban J connectivity index is 2.07. The fourth-order valence-corrected chi connectivity index (χ4v) is 2.77. The third kappa shape index (κ3) is 3.79. The normalized spacial score (nSPS) is 13.2. The minimum atomic E-state index is -0.177. The van der Waals surface area contributed by atoms with Crippen molar-refractivity contribution < 1.29 is 4.42 Å². The molecule has 128 valence electrons. The Morgan fingerprint density at radius 1 is 1.40 bits per heavy atom. The molecule has 5 nitrogen and oxygen atoms in total. The third-order valence-corrected chi connectivity index (χ3v) is 4.45. The van der Waals surface area contributed by atoms with Crippen LogP contribution in [0.4, 0.5) is 0 Å². The number of furan rings is 1. The molecule has 1 aromatic carbocycles. The summed E-state index contributed by atoms with van der Waals surface area (Å²) in [5, 5.41) is 4.86. The molecule has 0 N–H and O–H groups in total. The summed E-state index contributed by atoms with van der Waals surface area (Å²) in [5.74, 6) is 1.50. The molecular weight excluding hydrogens is 382 g/mol. The minimum Gasteiger partial charge on any atom is -0.465 e. The summed E-state index contributed by atoms with van der Waals surface area (Å²) < 4.78 is 7.45. The third-order valence-electron chi connectivity index (χ3n) is 3.96. The average molecular weight is 400 g/mol. The average Bonchev–Trinajstić information content (AvgIpc) is 3.13. The quantitative estimate of drug-likeness (QED) is 0.578. The van der Waals surface area contributed by atoms with Gasteiger partial charge in [-0.2, -0.15) is 9.78 Å². The lowest BCUT2D eigenvalue weighted by Gasteiger charge is -2.13. The maximum atomic E-state index is 12.9. The molecule has 0 aliphatic heterocycles. The number of nitrogens with zero attached hydrogens (tertiary/aromatic N) is 3. The lowest BCUT2D eigenvalue weighted by Crippen LogP contribution is -2.23. The highest BCUT2D eigenvalue weighted by Crippen LogP contribution is 2.20. The number of halogens is 1. The van der Waals surface area contributed by atoms with Gasteiger partial charge in [0, 0.05) is 16.6 Å². The molecule has 2 aromatic heterocycles. The van der Waals surface area contributed by atoms with Crippen LogP contribution in [0.5, 0.6) is 0 Å². The van der Waals surface area contributed by atoms with E-state index in [2.05, 4.69) is 32.9 Å². The highest BCUT2D eigenvalue weighted by Gasteiger charge is 2.15. The lowest BCUT2D eigenvalue weighted by atomic mass is 10.1. The first-order valence-electron chi connectivity index (χ1n) is 8.07. The van der Waals surface area contributed by atoms with Crippen LogP contribution >= 0.6 is 15.9 Å². The van der Waals surface area contributed by atoms with Crippen molar-refractivity contribution in [1.29, 1.82) is 0 Å². The fraction of sp³-hybridized carbons (Fsp3) is 0.211. The molecule has 6 heteroatoms. The van der Waals surface area contributed by atoms with Crippen LogP contribution in [0.1, 0.15) is 37.8 Å². The van der Waals surface area contributed by atoms with Crippen LogP contribution in [0.2, 0.25) is 0 Å². The van der Waals surface area contributed by atoms with Gasteiger partial charge in [0.05, 0.1) is 17.2 Å². The van der Waals surface area contributed by atoms with Crippen LogP contribution in [-0.2, 0) is 0 Å². The number of rotatable bonds is 5. The minimum absolute atomic E-state index is 0.118. The number of allylic oxidation sites excluding steroid dienone is 1. The molecule has 0 bridgehead atoms. The Kier molecular flexibility index (Phi) is 5.28. The fourth-order valence-electron chi connectivity index (χ4n) is 2.41. The van der Waals surface area contributed by atoms with E-state index >= 15 is 0 Å². The van der Waals surface area contributed by atoms with Gasteiger partial charge < -0.3 is 4.42 Å². The van der Waals surface area contributed by atoms with E-state index in [0.29, 0.717) is 16.7 Å². The highest BCUT2D eigenvalue weighted by molar-refractivity contribution is 9.10. The second-order valence-electron chi connectivity index (χ2n) is 5.70. The van der Waals surface area contributed by atoms with Crippen molar-refractivity contribution in [1.82, 2.24) is 9.66 Å². The van der Waals surface area contributed by atoms with E-state index in [1.54, 1.807) is 30.7 Å². The summed E-state index contributed by atoms with van der Waals surface area (Å²) in [5.41, 5.74) is 0.505. The molecule has 0 radical (unpaired) electrons. The zero-order chi connectivity index (χ0) is 17.8. The topological polar surface area (TPSA) is 60.4 Å². The van der Waals surface area contributed by atoms with E-state index in [9.17, 15) is 4.79 Å². The Morgan fingerprint density at radius 3 is 2.96 bits per heavy atom. The molecule has 0 amide bonds. The Hall–Kier alpha value is -2.47. The van der Waals surface area contributed by atoms with E-state index in [4.69, 9.17) is 4.42 Å². The summed E-state index contributed by atoms with van der Waals surface area (Å²) in [4.78, 5) is 17.6. The zero-order valence-electron chi connectivity index (χ0n) is 14.0. The maximum absolute atomic E-state index is 12.9. The van der Waals surface area contributed by atoms with Gasteiger partial charge in [-0.1, -0.05) is 29.8 Å². The second-order valence-corrected chi connectivity index (χ2v) is 6.61. The van der Waals surface area contributed by atoms with E-state index in [1.165, 1.54) is 4.68 Å². The summed E-state index contributed by atoms with van der Waals surface area (Å²) in [6, 6.07) is 9.16. The number of fused-ring (bicyclic) bond motifs is 1. The number of benzene rings is 1. The molecule has 0 aliphatic rings. The van der Waals surface area contributed by atoms with Gasteiger partial charge in [0.1, 0.15) is 11.6 Å². The Labute approximate surface area is 153 Å². The molecule has 0 fully saturated rings. The van der Waals surface area contributed by atoms with Crippen molar-refractivity contribution in [3.05, 3.63) is 69.1 Å². The molecule has 0 spiro atoms. The summed E-state index contributed by atoms with van der Waals surface area (Å²) in [6.07, 6.45) is 7.56. The first kappa shape index (κ1) is 17.4. The molecule has 0 saturated carbocycles. The number of hydrogen-bond acceptors (Lipinski definition) is 4. The van der Waals surface area contributed by atoms with Gasteiger partial charge in [0.25, 0.3) is 5.56 Å². The number of aromatic nitrogens is 2. The largest absolute Gasteiger partial charge is 0.465 e. The molecule has 1 atom stereocenters. The van der Waals surface area contributed by atoms with Gasteiger partial charge in [-0.15, -0.1) is 0 Å². The van der Waals surface area contributed by atoms with Crippen LogP contribution in [-0.4, -0.2) is 15.9 Å². The molecule has 3 rings (SSSR count). The van der Waals surface area contributed by atoms with E-state index in [0.717, 1.165) is 16.7 Å². The Morgan fingerprint density at radius 2 is 2.24 bits per heavy atom. The van der Waals surface area contributed by atoms with E-state index < -0.39 is 0 Å². The second kappa shape index (κ2) is 7.61. The van der Waals surface area contributed by atoms with Crippen molar-refractivity contribution in [2.75, 3.05) is 0 Å². The van der Waals surface area contributed by atoms with Gasteiger partial charge in [-0.25, -0.2) is 4.98 Å². The van der Waals surface area contributed by atoms with Crippen LogP contribution < -0.4 is 5.56 Å². The smallest absolute Gasteiger partial charge is 0.282 e. The predicted molar refractivity (Wildman–Crippen MR) is 104 cm³/mol. The van der Waals surface area contributed by atoms with Crippen molar-refractivity contribution >= 4 is 39.1 Å². The van der Waals surface area contributed by atoms with E-state index in [-0.39, 0.29) is 11.5 Å². The lowest BCUT2D eigenvalue weighted by molar-refractivity contribution is 0.557. The maximum Gasteiger partial charge on any atom is 0.282 e. The standard InChI is InChI=1S/C19H18BrN3O2/c1-3-13(2)18-22-17-9-8-14(20)12-16(17)19(24)23(18)21-10-4-6-15-7-5-11-25-15/h4-13H,3H2,1-2H3/b6-4+,21-10?/t13-/m0/s1. The first-order chi connectivity index (χ1) is 12.1. The monoisotopic (exact) mass is 399 g/mol. The molecule has 0 saturated heterocycles. The van der Waals surface area contributed by atoms with Crippen molar-refractivity contribution in [3.8, 4) is 0 Å². The summed E-state index contributed by atoms with van der Waals surface area (Å²) >= 11 is 3.40. The molecule has 25 heavy (non-hydrogen) atoms. The summed E-state index contributed by atoms with van der Waals surface area (Å²) in [6.45, 7) is 4.10. The van der Waals surface area contributed by atoms with Gasteiger partial charge in [-0.3, -0.25) is 4.79 Å². The predicted octanol–water partition coefficient (Wildman–Crippen LogP) is 4.81. The SMILES string of the molecule is CC[C@H](C)c1nc2ccc(Br)cc2c(=O)n1N=C/C=C/c1ccco1. The van der Waals surface area contributed by atoms with Crippen molar-refractivity contribution in [3.63, 3.8) is 0 Å². The number of hydrogen-bond donors (Lipinski definition) is 0. The van der Waals surface area contributed by atoms with Gasteiger partial charge in [-0.05, 0) is 48.9 Å². The Bertz CT molecular complexity index is 988. The van der Waals surface area contributed by atoms with Crippen LogP contribution in [0.15, 0.2) is 61.5 Å². The van der Waals surface area contributed by atoms with Crippen LogP contribution in [0, 0.1) is 0 Å². The highest BCUT2D eigenvalue weighted by atomic mass is 79.9. The zero-order valence-corrected chi connectivity index (χ0v) is 15.6. The van der Waals surface area contributed by atoms with Gasteiger partial charge >= 0.3 is 0 Å². The van der Waals surface area contributed by atoms with Crippen LogP contribution in [0.25, 0.3) is 17.0 Å². The van der Waals surface area contributed by atoms with Crippen molar-refractivity contribution in [2.45, 2.75) is 26.2 Å². The molecule has 3 aromatic rings. The molecule has 0 unspecified atom stereocenters. The molecule has 0 aliphatic carbocycles. The molecular formula is C19H18BrN3O2. The van der Waals surface area contributed by atoms with Gasteiger partial charge in [0.2, 0.25) is 0 Å².